The Bertz CT molecular complexity index is 581. The van der Waals surface area contributed by atoms with Crippen LogP contribution in [0.1, 0.15) is 26.6 Å². The van der Waals surface area contributed by atoms with Gasteiger partial charge in [0.1, 0.15) is 11.6 Å². The van der Waals surface area contributed by atoms with Crippen LogP contribution >= 0.6 is 0 Å². The second-order valence-electron chi connectivity index (χ2n) is 6.12. The first-order chi connectivity index (χ1) is 8.82. The monoisotopic (exact) mass is 261 g/mol. The molecule has 19 heavy (non-hydrogen) atoms. The minimum absolute atomic E-state index is 0.0792. The minimum Gasteiger partial charge on any atom is -0.497 e. The minimum atomic E-state index is 0.0792. The molecule has 1 heterocycles. The Morgan fingerprint density at radius 1 is 1.37 bits per heavy atom. The van der Waals surface area contributed by atoms with Crippen molar-refractivity contribution in [2.45, 2.75) is 33.2 Å². The lowest BCUT2D eigenvalue weighted by molar-refractivity contribution is 0.313. The number of hydrogen-bond acceptors (Lipinski definition) is 3. The van der Waals surface area contributed by atoms with Crippen LogP contribution in [0.2, 0.25) is 0 Å². The summed E-state index contributed by atoms with van der Waals surface area (Å²) in [6, 6.07) is 6.04. The van der Waals surface area contributed by atoms with Gasteiger partial charge in [-0.1, -0.05) is 20.8 Å². The number of aromatic nitrogens is 2. The number of methoxy groups -OCH3 is 1. The summed E-state index contributed by atoms with van der Waals surface area (Å²) in [6.07, 6.45) is 0.775. The molecule has 0 amide bonds. The number of rotatable bonds is 3. The average molecular weight is 261 g/mol. The van der Waals surface area contributed by atoms with Gasteiger partial charge in [-0.15, -0.1) is 0 Å². The smallest absolute Gasteiger partial charge is 0.121 e. The standard InChI is InChI=1S/C15H23N3O/c1-15(2,3)13(16)9-14-17-11-8-10(19-5)6-7-12(11)18(14)4/h6-8,13H,9,16H2,1-5H3. The van der Waals surface area contributed by atoms with E-state index in [1.807, 2.05) is 25.2 Å². The number of nitrogens with zero attached hydrogens (tertiary/aromatic N) is 2. The number of benzene rings is 1. The van der Waals surface area contributed by atoms with E-state index in [1.165, 1.54) is 0 Å². The number of ether oxygens (including phenoxy) is 1. The topological polar surface area (TPSA) is 53.1 Å². The number of aryl methyl sites for hydroxylation is 1. The summed E-state index contributed by atoms with van der Waals surface area (Å²) >= 11 is 0. The van der Waals surface area contributed by atoms with Gasteiger partial charge in [-0.05, 0) is 17.5 Å². The summed E-state index contributed by atoms with van der Waals surface area (Å²) in [5, 5.41) is 0. The van der Waals surface area contributed by atoms with Gasteiger partial charge in [-0.3, -0.25) is 0 Å². The Kier molecular flexibility index (Phi) is 3.54. The van der Waals surface area contributed by atoms with Gasteiger partial charge in [0.05, 0.1) is 18.1 Å². The van der Waals surface area contributed by atoms with E-state index >= 15 is 0 Å². The molecule has 0 saturated heterocycles. The molecule has 2 rings (SSSR count). The molecule has 0 fully saturated rings. The summed E-state index contributed by atoms with van der Waals surface area (Å²) < 4.78 is 7.34. The van der Waals surface area contributed by atoms with Crippen LogP contribution in [-0.2, 0) is 13.5 Å². The first-order valence-electron chi connectivity index (χ1n) is 6.58. The van der Waals surface area contributed by atoms with Gasteiger partial charge in [-0.25, -0.2) is 4.98 Å². The van der Waals surface area contributed by atoms with Crippen molar-refractivity contribution in [3.63, 3.8) is 0 Å². The zero-order valence-electron chi connectivity index (χ0n) is 12.4. The third kappa shape index (κ3) is 2.73. The maximum atomic E-state index is 6.25. The summed E-state index contributed by atoms with van der Waals surface area (Å²) in [7, 11) is 3.70. The van der Waals surface area contributed by atoms with Gasteiger partial charge in [0.2, 0.25) is 0 Å². The number of imidazole rings is 1. The average Bonchev–Trinajstić information content (AvgIpc) is 2.64. The molecule has 1 aromatic heterocycles. The van der Waals surface area contributed by atoms with Crippen LogP contribution < -0.4 is 10.5 Å². The molecule has 4 heteroatoms. The van der Waals surface area contributed by atoms with Gasteiger partial charge >= 0.3 is 0 Å². The van der Waals surface area contributed by atoms with E-state index in [2.05, 4.69) is 30.3 Å². The molecule has 0 aliphatic rings. The normalized spacial score (nSPS) is 13.8. The highest BCUT2D eigenvalue weighted by molar-refractivity contribution is 5.77. The second kappa shape index (κ2) is 4.85. The van der Waals surface area contributed by atoms with Crippen LogP contribution in [0.15, 0.2) is 18.2 Å². The third-order valence-electron chi connectivity index (χ3n) is 3.70. The maximum absolute atomic E-state index is 6.25. The number of nitrogens with two attached hydrogens (primary N) is 1. The van der Waals surface area contributed by atoms with Crippen LogP contribution in [0.4, 0.5) is 0 Å². The fourth-order valence-corrected chi connectivity index (χ4v) is 2.04. The Labute approximate surface area is 114 Å². The van der Waals surface area contributed by atoms with Crippen molar-refractivity contribution in [2.75, 3.05) is 7.11 Å². The molecule has 0 aliphatic heterocycles. The maximum Gasteiger partial charge on any atom is 0.121 e. The van der Waals surface area contributed by atoms with Crippen LogP contribution in [0.3, 0.4) is 0 Å². The highest BCUT2D eigenvalue weighted by Gasteiger charge is 2.23. The van der Waals surface area contributed by atoms with Gasteiger partial charge in [-0.2, -0.15) is 0 Å². The molecule has 1 aromatic carbocycles. The lowest BCUT2D eigenvalue weighted by Crippen LogP contribution is -2.37. The van der Waals surface area contributed by atoms with Gasteiger partial charge in [0, 0.05) is 25.6 Å². The number of hydrogen-bond donors (Lipinski definition) is 1. The SMILES string of the molecule is COc1ccc2c(c1)nc(CC(N)C(C)(C)C)n2C. The van der Waals surface area contributed by atoms with E-state index in [4.69, 9.17) is 10.5 Å². The predicted molar refractivity (Wildman–Crippen MR) is 78.4 cm³/mol. The third-order valence-corrected chi connectivity index (χ3v) is 3.70. The molecule has 1 unspecified atom stereocenters. The molecule has 2 aromatic rings. The highest BCUT2D eigenvalue weighted by atomic mass is 16.5. The molecule has 1 atom stereocenters. The van der Waals surface area contributed by atoms with Crippen LogP contribution in [0.25, 0.3) is 11.0 Å². The van der Waals surface area contributed by atoms with Crippen molar-refractivity contribution in [3.8, 4) is 5.75 Å². The first kappa shape index (κ1) is 13.9. The number of fused-ring (bicyclic) bond motifs is 1. The van der Waals surface area contributed by atoms with Crippen molar-refractivity contribution in [1.82, 2.24) is 9.55 Å². The molecule has 4 nitrogen and oxygen atoms in total. The van der Waals surface area contributed by atoms with E-state index in [-0.39, 0.29) is 11.5 Å². The second-order valence-corrected chi connectivity index (χ2v) is 6.12. The van der Waals surface area contributed by atoms with E-state index in [0.717, 1.165) is 29.0 Å². The molecule has 2 N–H and O–H groups in total. The summed E-state index contributed by atoms with van der Waals surface area (Å²) in [4.78, 5) is 4.68. The molecule has 0 spiro atoms. The summed E-state index contributed by atoms with van der Waals surface area (Å²) in [5.41, 5.74) is 8.40. The van der Waals surface area contributed by atoms with Crippen molar-refractivity contribution in [1.29, 1.82) is 0 Å². The molecular weight excluding hydrogens is 238 g/mol. The van der Waals surface area contributed by atoms with Crippen molar-refractivity contribution < 1.29 is 4.74 Å². The van der Waals surface area contributed by atoms with E-state index in [1.54, 1.807) is 7.11 Å². The molecule has 0 saturated carbocycles. The van der Waals surface area contributed by atoms with Gasteiger partial charge < -0.3 is 15.0 Å². The Morgan fingerprint density at radius 3 is 2.63 bits per heavy atom. The van der Waals surface area contributed by atoms with Crippen LogP contribution in [-0.4, -0.2) is 22.7 Å². The molecule has 0 aliphatic carbocycles. The lowest BCUT2D eigenvalue weighted by atomic mass is 9.85. The molecule has 104 valence electrons. The molecule has 0 radical (unpaired) electrons. The van der Waals surface area contributed by atoms with E-state index < -0.39 is 0 Å². The molecular formula is C15H23N3O. The Hall–Kier alpha value is -1.55. The Balaban J connectivity index is 2.37. The van der Waals surface area contributed by atoms with E-state index in [0.29, 0.717) is 0 Å². The summed E-state index contributed by atoms with van der Waals surface area (Å²) in [5.74, 6) is 1.85. The zero-order chi connectivity index (χ0) is 14.2. The Morgan fingerprint density at radius 2 is 2.05 bits per heavy atom. The van der Waals surface area contributed by atoms with E-state index in [9.17, 15) is 0 Å². The summed E-state index contributed by atoms with van der Waals surface area (Å²) in [6.45, 7) is 6.47. The van der Waals surface area contributed by atoms with Gasteiger partial charge in [0.15, 0.2) is 0 Å². The zero-order valence-corrected chi connectivity index (χ0v) is 12.4. The largest absolute Gasteiger partial charge is 0.497 e. The van der Waals surface area contributed by atoms with Crippen molar-refractivity contribution >= 4 is 11.0 Å². The lowest BCUT2D eigenvalue weighted by Gasteiger charge is -2.26. The quantitative estimate of drug-likeness (QED) is 0.923. The first-order valence-corrected chi connectivity index (χ1v) is 6.58. The van der Waals surface area contributed by atoms with Crippen LogP contribution in [0, 0.1) is 5.41 Å². The molecule has 0 bridgehead atoms. The van der Waals surface area contributed by atoms with Crippen LogP contribution in [0.5, 0.6) is 5.75 Å². The van der Waals surface area contributed by atoms with Crippen molar-refractivity contribution in [2.24, 2.45) is 18.2 Å². The fourth-order valence-electron chi connectivity index (χ4n) is 2.04. The van der Waals surface area contributed by atoms with Gasteiger partial charge in [0.25, 0.3) is 0 Å². The van der Waals surface area contributed by atoms with Crippen molar-refractivity contribution in [3.05, 3.63) is 24.0 Å². The highest BCUT2D eigenvalue weighted by Crippen LogP contribution is 2.24. The fraction of sp³-hybridized carbons (Fsp3) is 0.533. The predicted octanol–water partition coefficient (Wildman–Crippen LogP) is 2.50.